The van der Waals surface area contributed by atoms with Crippen LogP contribution in [-0.2, 0) is 0 Å². The normalized spacial score (nSPS) is 34.2. The molecule has 0 heterocycles. The summed E-state index contributed by atoms with van der Waals surface area (Å²) in [6, 6.07) is 0. The fourth-order valence-electron chi connectivity index (χ4n) is 1.96. The van der Waals surface area contributed by atoms with E-state index >= 15 is 0 Å². The van der Waals surface area contributed by atoms with Crippen molar-refractivity contribution in [2.75, 3.05) is 13.6 Å². The Morgan fingerprint density at radius 1 is 1.30 bits per heavy atom. The summed E-state index contributed by atoms with van der Waals surface area (Å²) in [5, 5.41) is 3.27. The van der Waals surface area contributed by atoms with Crippen molar-refractivity contribution >= 4 is 0 Å². The Bertz CT molecular complexity index is 88.7. The molecule has 1 aliphatic carbocycles. The van der Waals surface area contributed by atoms with Gasteiger partial charge in [-0.3, -0.25) is 0 Å². The van der Waals surface area contributed by atoms with Crippen LogP contribution in [-0.4, -0.2) is 13.6 Å². The Hall–Kier alpha value is -0.0400. The van der Waals surface area contributed by atoms with E-state index in [-0.39, 0.29) is 0 Å². The standard InChI is InChI=1S/C9H19N/c1-8-5-3-4-6-9(8)7-10-2/h8-10H,3-7H2,1-2H3/t8-,9+/m0/s1. The van der Waals surface area contributed by atoms with E-state index in [9.17, 15) is 0 Å². The second-order valence-corrected chi connectivity index (χ2v) is 3.58. The van der Waals surface area contributed by atoms with Crippen molar-refractivity contribution < 1.29 is 0 Å². The predicted molar refractivity (Wildman–Crippen MR) is 45.0 cm³/mol. The van der Waals surface area contributed by atoms with E-state index in [2.05, 4.69) is 19.3 Å². The molecule has 0 aromatic carbocycles. The van der Waals surface area contributed by atoms with Crippen molar-refractivity contribution in [1.82, 2.24) is 5.32 Å². The summed E-state index contributed by atoms with van der Waals surface area (Å²) in [4.78, 5) is 0. The summed E-state index contributed by atoms with van der Waals surface area (Å²) in [6.07, 6.45) is 5.81. The maximum atomic E-state index is 3.27. The highest BCUT2D eigenvalue weighted by Gasteiger charge is 2.19. The molecule has 0 aromatic heterocycles. The molecule has 2 atom stereocenters. The van der Waals surface area contributed by atoms with Crippen LogP contribution in [0.2, 0.25) is 0 Å². The average Bonchev–Trinajstić information content (AvgIpc) is 1.94. The molecule has 0 unspecified atom stereocenters. The molecular weight excluding hydrogens is 122 g/mol. The van der Waals surface area contributed by atoms with E-state index < -0.39 is 0 Å². The van der Waals surface area contributed by atoms with Crippen LogP contribution in [0.5, 0.6) is 0 Å². The molecule has 1 N–H and O–H groups in total. The maximum absolute atomic E-state index is 3.27. The molecule has 1 fully saturated rings. The average molecular weight is 141 g/mol. The van der Waals surface area contributed by atoms with Crippen molar-refractivity contribution in [1.29, 1.82) is 0 Å². The summed E-state index contributed by atoms with van der Waals surface area (Å²) in [6.45, 7) is 3.61. The van der Waals surface area contributed by atoms with Gasteiger partial charge in [0.2, 0.25) is 0 Å². The SMILES string of the molecule is CNC[C@H]1CCCC[C@@H]1C. The van der Waals surface area contributed by atoms with Gasteiger partial charge in [-0.2, -0.15) is 0 Å². The number of hydrogen-bond donors (Lipinski definition) is 1. The van der Waals surface area contributed by atoms with Crippen LogP contribution >= 0.6 is 0 Å². The molecule has 1 aliphatic rings. The molecule has 1 heteroatoms. The van der Waals surface area contributed by atoms with Gasteiger partial charge in [-0.15, -0.1) is 0 Å². The summed E-state index contributed by atoms with van der Waals surface area (Å²) in [5.74, 6) is 1.92. The van der Waals surface area contributed by atoms with Gasteiger partial charge >= 0.3 is 0 Å². The third kappa shape index (κ3) is 1.98. The van der Waals surface area contributed by atoms with E-state index in [1.807, 2.05) is 0 Å². The molecule has 60 valence electrons. The smallest absolute Gasteiger partial charge is 0.00210 e. The lowest BCUT2D eigenvalue weighted by molar-refractivity contribution is 0.252. The predicted octanol–water partition coefficient (Wildman–Crippen LogP) is 2.03. The van der Waals surface area contributed by atoms with Gasteiger partial charge in [0.25, 0.3) is 0 Å². The Balaban J connectivity index is 2.25. The van der Waals surface area contributed by atoms with Crippen LogP contribution in [0.15, 0.2) is 0 Å². The number of nitrogens with one attached hydrogen (secondary N) is 1. The van der Waals surface area contributed by atoms with Gasteiger partial charge in [0.1, 0.15) is 0 Å². The molecule has 0 bridgehead atoms. The molecule has 0 saturated heterocycles. The van der Waals surface area contributed by atoms with Crippen molar-refractivity contribution in [2.45, 2.75) is 32.6 Å². The van der Waals surface area contributed by atoms with E-state index in [0.29, 0.717) is 0 Å². The second-order valence-electron chi connectivity index (χ2n) is 3.58. The van der Waals surface area contributed by atoms with Crippen molar-refractivity contribution in [2.24, 2.45) is 11.8 Å². The topological polar surface area (TPSA) is 12.0 Å². The third-order valence-electron chi connectivity index (χ3n) is 2.76. The van der Waals surface area contributed by atoms with Crippen LogP contribution in [0.4, 0.5) is 0 Å². The van der Waals surface area contributed by atoms with Crippen LogP contribution in [0, 0.1) is 11.8 Å². The molecule has 10 heavy (non-hydrogen) atoms. The summed E-state index contributed by atoms with van der Waals surface area (Å²) in [5.41, 5.74) is 0. The minimum atomic E-state index is 0.957. The zero-order valence-corrected chi connectivity index (χ0v) is 7.19. The van der Waals surface area contributed by atoms with Gasteiger partial charge in [0, 0.05) is 0 Å². The summed E-state index contributed by atoms with van der Waals surface area (Å²) < 4.78 is 0. The highest BCUT2D eigenvalue weighted by Crippen LogP contribution is 2.28. The van der Waals surface area contributed by atoms with Gasteiger partial charge in [-0.05, 0) is 31.8 Å². The molecule has 1 rings (SSSR count). The van der Waals surface area contributed by atoms with Gasteiger partial charge < -0.3 is 5.32 Å². The lowest BCUT2D eigenvalue weighted by atomic mass is 9.80. The Morgan fingerprint density at radius 2 is 2.00 bits per heavy atom. The first-order valence-electron chi connectivity index (χ1n) is 4.49. The summed E-state index contributed by atoms with van der Waals surface area (Å²) in [7, 11) is 2.06. The van der Waals surface area contributed by atoms with E-state index in [0.717, 1.165) is 11.8 Å². The molecule has 0 aliphatic heterocycles. The Morgan fingerprint density at radius 3 is 2.60 bits per heavy atom. The zero-order valence-electron chi connectivity index (χ0n) is 7.19. The van der Waals surface area contributed by atoms with Gasteiger partial charge in [-0.1, -0.05) is 26.2 Å². The molecule has 0 radical (unpaired) electrons. The monoisotopic (exact) mass is 141 g/mol. The van der Waals surface area contributed by atoms with Gasteiger partial charge in [0.05, 0.1) is 0 Å². The van der Waals surface area contributed by atoms with Crippen molar-refractivity contribution in [3.05, 3.63) is 0 Å². The quantitative estimate of drug-likeness (QED) is 0.620. The molecular formula is C9H19N. The van der Waals surface area contributed by atoms with E-state index in [1.165, 1.54) is 32.2 Å². The Kier molecular flexibility index (Phi) is 3.20. The van der Waals surface area contributed by atoms with Crippen molar-refractivity contribution in [3.8, 4) is 0 Å². The highest BCUT2D eigenvalue weighted by atomic mass is 14.8. The minimum absolute atomic E-state index is 0.957. The molecule has 1 saturated carbocycles. The molecule has 0 spiro atoms. The summed E-state index contributed by atoms with van der Waals surface area (Å²) >= 11 is 0. The van der Waals surface area contributed by atoms with E-state index in [4.69, 9.17) is 0 Å². The lowest BCUT2D eigenvalue weighted by Crippen LogP contribution is -2.26. The van der Waals surface area contributed by atoms with Gasteiger partial charge in [-0.25, -0.2) is 0 Å². The lowest BCUT2D eigenvalue weighted by Gasteiger charge is -2.28. The van der Waals surface area contributed by atoms with E-state index in [1.54, 1.807) is 0 Å². The van der Waals surface area contributed by atoms with Crippen molar-refractivity contribution in [3.63, 3.8) is 0 Å². The number of rotatable bonds is 2. The molecule has 1 nitrogen and oxygen atoms in total. The maximum Gasteiger partial charge on any atom is -0.00210 e. The largest absolute Gasteiger partial charge is 0.319 e. The minimum Gasteiger partial charge on any atom is -0.319 e. The zero-order chi connectivity index (χ0) is 7.40. The van der Waals surface area contributed by atoms with Crippen LogP contribution in [0.25, 0.3) is 0 Å². The fourth-order valence-corrected chi connectivity index (χ4v) is 1.96. The first kappa shape index (κ1) is 8.06. The fraction of sp³-hybridized carbons (Fsp3) is 1.00. The molecule has 0 aromatic rings. The van der Waals surface area contributed by atoms with Crippen LogP contribution in [0.1, 0.15) is 32.6 Å². The third-order valence-corrected chi connectivity index (χ3v) is 2.76. The van der Waals surface area contributed by atoms with Crippen LogP contribution < -0.4 is 5.32 Å². The molecule has 0 amide bonds. The highest BCUT2D eigenvalue weighted by molar-refractivity contribution is 4.73. The van der Waals surface area contributed by atoms with Gasteiger partial charge in [0.15, 0.2) is 0 Å². The second kappa shape index (κ2) is 3.97. The Labute approximate surface area is 64.2 Å². The first-order valence-corrected chi connectivity index (χ1v) is 4.49. The first-order chi connectivity index (χ1) is 4.84. The number of hydrogen-bond acceptors (Lipinski definition) is 1. The van der Waals surface area contributed by atoms with Crippen LogP contribution in [0.3, 0.4) is 0 Å².